The van der Waals surface area contributed by atoms with E-state index in [0.717, 1.165) is 21.4 Å². The van der Waals surface area contributed by atoms with Gasteiger partial charge in [-0.1, -0.05) is 5.16 Å². The molecule has 0 atom stereocenters. The molecule has 0 radical (unpaired) electrons. The Hall–Kier alpha value is -2.01. The Morgan fingerprint density at radius 1 is 1.35 bits per heavy atom. The summed E-state index contributed by atoms with van der Waals surface area (Å²) in [6, 6.07) is 5.88. The Morgan fingerprint density at radius 3 is 2.94 bits per heavy atom. The number of anilines is 1. The summed E-state index contributed by atoms with van der Waals surface area (Å²) < 4.78 is 11.6. The summed E-state index contributed by atoms with van der Waals surface area (Å²) in [6.45, 7) is 0. The van der Waals surface area contributed by atoms with Crippen molar-refractivity contribution < 1.29 is 9.26 Å². The summed E-state index contributed by atoms with van der Waals surface area (Å²) in [4.78, 5) is 0. The second-order valence-corrected chi connectivity index (χ2v) is 4.51. The molecule has 4 nitrogen and oxygen atoms in total. The quantitative estimate of drug-likeness (QED) is 0.754. The van der Waals surface area contributed by atoms with Crippen molar-refractivity contribution in [2.45, 2.75) is 0 Å². The predicted octanol–water partition coefficient (Wildman–Crippen LogP) is 3.15. The lowest BCUT2D eigenvalue weighted by atomic mass is 10.1. The molecule has 0 amide bonds. The maximum absolute atomic E-state index is 5.82. The molecule has 2 aromatic heterocycles. The molecule has 17 heavy (non-hydrogen) atoms. The molecule has 0 unspecified atom stereocenters. The van der Waals surface area contributed by atoms with Crippen molar-refractivity contribution in [3.8, 4) is 17.1 Å². The van der Waals surface area contributed by atoms with Gasteiger partial charge in [0, 0.05) is 10.9 Å². The lowest BCUT2D eigenvalue weighted by molar-refractivity contribution is 0.420. The highest BCUT2D eigenvalue weighted by molar-refractivity contribution is 7.17. The summed E-state index contributed by atoms with van der Waals surface area (Å²) in [5.74, 6) is 1.47. The summed E-state index contributed by atoms with van der Waals surface area (Å²) in [5.41, 5.74) is 7.30. The lowest BCUT2D eigenvalue weighted by Crippen LogP contribution is -1.87. The van der Waals surface area contributed by atoms with E-state index < -0.39 is 0 Å². The van der Waals surface area contributed by atoms with E-state index in [1.54, 1.807) is 18.4 Å². The normalized spacial score (nSPS) is 10.9. The minimum atomic E-state index is 0.544. The van der Waals surface area contributed by atoms with Crippen molar-refractivity contribution in [2.75, 3.05) is 12.8 Å². The molecule has 0 fully saturated rings. The standard InChI is InChI=1S/C12H10N2O2S/c1-15-10-3-2-7(8-4-5-17-12(8)10)11-9(13)6-14-16-11/h2-6H,13H2,1H3. The zero-order chi connectivity index (χ0) is 11.8. The van der Waals surface area contributed by atoms with Crippen molar-refractivity contribution in [3.05, 3.63) is 29.8 Å². The number of benzene rings is 1. The van der Waals surface area contributed by atoms with Gasteiger partial charge in [0.1, 0.15) is 11.4 Å². The molecule has 86 valence electrons. The average Bonchev–Trinajstić information content (AvgIpc) is 2.96. The van der Waals surface area contributed by atoms with E-state index in [9.17, 15) is 0 Å². The van der Waals surface area contributed by atoms with Crippen LogP contribution in [0.4, 0.5) is 5.69 Å². The largest absolute Gasteiger partial charge is 0.495 e. The van der Waals surface area contributed by atoms with E-state index in [0.29, 0.717) is 11.4 Å². The Bertz CT molecular complexity index is 672. The maximum atomic E-state index is 5.82. The SMILES string of the molecule is COc1ccc(-c2oncc2N)c2ccsc12. The maximum Gasteiger partial charge on any atom is 0.190 e. The first-order valence-corrected chi connectivity index (χ1v) is 5.94. The Labute approximate surface area is 102 Å². The fourth-order valence-electron chi connectivity index (χ4n) is 1.85. The van der Waals surface area contributed by atoms with Crippen LogP contribution in [0.5, 0.6) is 5.75 Å². The number of aromatic nitrogens is 1. The van der Waals surface area contributed by atoms with Crippen LogP contribution in [0.25, 0.3) is 21.4 Å². The smallest absolute Gasteiger partial charge is 0.190 e. The Morgan fingerprint density at radius 2 is 2.24 bits per heavy atom. The predicted molar refractivity (Wildman–Crippen MR) is 68.3 cm³/mol. The number of ether oxygens (including phenoxy) is 1. The van der Waals surface area contributed by atoms with Crippen LogP contribution in [0.3, 0.4) is 0 Å². The molecule has 3 aromatic rings. The molecule has 0 bridgehead atoms. The zero-order valence-electron chi connectivity index (χ0n) is 9.14. The number of rotatable bonds is 2. The van der Waals surface area contributed by atoms with Crippen LogP contribution in [-0.2, 0) is 0 Å². The van der Waals surface area contributed by atoms with Crippen LogP contribution in [0.1, 0.15) is 0 Å². The molecule has 1 aromatic carbocycles. The molecule has 0 saturated carbocycles. The fraction of sp³-hybridized carbons (Fsp3) is 0.0833. The topological polar surface area (TPSA) is 61.3 Å². The summed E-state index contributed by atoms with van der Waals surface area (Å²) in [7, 11) is 1.66. The third kappa shape index (κ3) is 1.47. The minimum Gasteiger partial charge on any atom is -0.495 e. The molecular formula is C12H10N2O2S. The van der Waals surface area contributed by atoms with Gasteiger partial charge >= 0.3 is 0 Å². The van der Waals surface area contributed by atoms with Crippen molar-refractivity contribution in [1.82, 2.24) is 5.16 Å². The van der Waals surface area contributed by atoms with E-state index in [2.05, 4.69) is 5.16 Å². The van der Waals surface area contributed by atoms with Crippen LogP contribution in [0, 0.1) is 0 Å². The van der Waals surface area contributed by atoms with Gasteiger partial charge in [-0.2, -0.15) is 0 Å². The van der Waals surface area contributed by atoms with Crippen molar-refractivity contribution >= 4 is 27.1 Å². The van der Waals surface area contributed by atoms with Gasteiger partial charge in [-0.15, -0.1) is 11.3 Å². The van der Waals surface area contributed by atoms with Gasteiger partial charge < -0.3 is 15.0 Å². The molecule has 0 spiro atoms. The summed E-state index contributed by atoms with van der Waals surface area (Å²) in [6.07, 6.45) is 1.51. The number of thiophene rings is 1. The first-order valence-electron chi connectivity index (χ1n) is 5.06. The number of hydrogen-bond donors (Lipinski definition) is 1. The number of nitrogens with zero attached hydrogens (tertiary/aromatic N) is 1. The van der Waals surface area contributed by atoms with Gasteiger partial charge in [0.05, 0.1) is 18.0 Å². The van der Waals surface area contributed by atoms with E-state index in [4.69, 9.17) is 15.0 Å². The molecule has 0 aliphatic carbocycles. The third-order valence-corrected chi connectivity index (χ3v) is 3.57. The van der Waals surface area contributed by atoms with Crippen molar-refractivity contribution in [2.24, 2.45) is 0 Å². The molecule has 0 aliphatic rings. The van der Waals surface area contributed by atoms with Crippen LogP contribution >= 0.6 is 11.3 Å². The number of nitrogen functional groups attached to an aromatic ring is 1. The monoisotopic (exact) mass is 246 g/mol. The van der Waals surface area contributed by atoms with Crippen molar-refractivity contribution in [3.63, 3.8) is 0 Å². The van der Waals surface area contributed by atoms with Gasteiger partial charge in [-0.05, 0) is 23.6 Å². The minimum absolute atomic E-state index is 0.544. The highest BCUT2D eigenvalue weighted by Crippen LogP contribution is 2.39. The molecule has 2 N–H and O–H groups in total. The van der Waals surface area contributed by atoms with Gasteiger partial charge in [0.2, 0.25) is 0 Å². The number of nitrogens with two attached hydrogens (primary N) is 1. The van der Waals surface area contributed by atoms with Gasteiger partial charge in [0.15, 0.2) is 5.76 Å². The molecule has 0 saturated heterocycles. The van der Waals surface area contributed by atoms with Crippen molar-refractivity contribution in [1.29, 1.82) is 0 Å². The zero-order valence-corrected chi connectivity index (χ0v) is 9.95. The van der Waals surface area contributed by atoms with Crippen LogP contribution in [0.15, 0.2) is 34.3 Å². The highest BCUT2D eigenvalue weighted by Gasteiger charge is 2.14. The molecular weight excluding hydrogens is 236 g/mol. The summed E-state index contributed by atoms with van der Waals surface area (Å²) in [5, 5.41) is 6.79. The van der Waals surface area contributed by atoms with Crippen LogP contribution in [0.2, 0.25) is 0 Å². The number of hydrogen-bond acceptors (Lipinski definition) is 5. The highest BCUT2D eigenvalue weighted by atomic mass is 32.1. The second-order valence-electron chi connectivity index (χ2n) is 3.59. The van der Waals surface area contributed by atoms with E-state index in [-0.39, 0.29) is 0 Å². The molecule has 3 rings (SSSR count). The fourth-order valence-corrected chi connectivity index (χ4v) is 2.76. The van der Waals surface area contributed by atoms with Crippen LogP contribution in [-0.4, -0.2) is 12.3 Å². The average molecular weight is 246 g/mol. The second kappa shape index (κ2) is 3.78. The molecule has 5 heteroatoms. The van der Waals surface area contributed by atoms with Gasteiger partial charge in [-0.3, -0.25) is 0 Å². The molecule has 2 heterocycles. The summed E-state index contributed by atoms with van der Waals surface area (Å²) >= 11 is 1.63. The van der Waals surface area contributed by atoms with Gasteiger partial charge in [0.25, 0.3) is 0 Å². The first-order chi connectivity index (χ1) is 8.31. The van der Waals surface area contributed by atoms with E-state index >= 15 is 0 Å². The van der Waals surface area contributed by atoms with E-state index in [1.807, 2.05) is 23.6 Å². The number of methoxy groups -OCH3 is 1. The Kier molecular flexibility index (Phi) is 2.26. The first kappa shape index (κ1) is 10.2. The number of fused-ring (bicyclic) bond motifs is 1. The lowest BCUT2D eigenvalue weighted by Gasteiger charge is -2.04. The van der Waals surface area contributed by atoms with Gasteiger partial charge in [-0.25, -0.2) is 0 Å². The molecule has 0 aliphatic heterocycles. The van der Waals surface area contributed by atoms with E-state index in [1.165, 1.54) is 6.20 Å². The van der Waals surface area contributed by atoms with Crippen LogP contribution < -0.4 is 10.5 Å². The third-order valence-electron chi connectivity index (χ3n) is 2.64. The Balaban J connectivity index is 2.32.